The molecule has 1 aromatic carbocycles. The Morgan fingerprint density at radius 1 is 1.33 bits per heavy atom. The summed E-state index contributed by atoms with van der Waals surface area (Å²) in [4.78, 5) is 10.3. The van der Waals surface area contributed by atoms with E-state index in [2.05, 4.69) is 12.2 Å². The predicted octanol–water partition coefficient (Wildman–Crippen LogP) is 3.60. The van der Waals surface area contributed by atoms with Crippen molar-refractivity contribution in [3.05, 3.63) is 28.3 Å². The fourth-order valence-corrected chi connectivity index (χ4v) is 1.72. The topological polar surface area (TPSA) is 64.4 Å². The number of rotatable bonds is 8. The molecule has 0 aliphatic rings. The molecule has 1 N–H and O–H groups in total. The Hall–Kier alpha value is -1.78. The molecule has 0 aliphatic heterocycles. The van der Waals surface area contributed by atoms with Crippen molar-refractivity contribution in [2.45, 2.75) is 32.6 Å². The number of methoxy groups -OCH3 is 1. The molecule has 100 valence electrons. The van der Waals surface area contributed by atoms with Gasteiger partial charge in [0, 0.05) is 18.7 Å². The minimum Gasteiger partial charge on any atom is -0.495 e. The van der Waals surface area contributed by atoms with Crippen LogP contribution < -0.4 is 10.1 Å². The van der Waals surface area contributed by atoms with Gasteiger partial charge in [0.15, 0.2) is 0 Å². The first-order chi connectivity index (χ1) is 8.69. The van der Waals surface area contributed by atoms with Crippen LogP contribution in [0, 0.1) is 10.1 Å². The van der Waals surface area contributed by atoms with Crippen LogP contribution in [0.5, 0.6) is 5.75 Å². The van der Waals surface area contributed by atoms with Gasteiger partial charge in [-0.2, -0.15) is 0 Å². The van der Waals surface area contributed by atoms with E-state index in [-0.39, 0.29) is 5.69 Å². The van der Waals surface area contributed by atoms with Gasteiger partial charge in [0.2, 0.25) is 0 Å². The quantitative estimate of drug-likeness (QED) is 0.436. The molecule has 0 fully saturated rings. The Bertz CT molecular complexity index is 394. The summed E-state index contributed by atoms with van der Waals surface area (Å²) in [5, 5.41) is 13.9. The first-order valence-corrected chi connectivity index (χ1v) is 6.25. The molecule has 0 atom stereocenters. The van der Waals surface area contributed by atoms with Gasteiger partial charge in [0.25, 0.3) is 5.69 Å². The van der Waals surface area contributed by atoms with Crippen molar-refractivity contribution in [3.63, 3.8) is 0 Å². The summed E-state index contributed by atoms with van der Waals surface area (Å²) in [6, 6.07) is 4.58. The van der Waals surface area contributed by atoms with Crippen LogP contribution in [0.1, 0.15) is 32.6 Å². The first kappa shape index (κ1) is 14.3. The van der Waals surface area contributed by atoms with Gasteiger partial charge in [-0.25, -0.2) is 0 Å². The number of ether oxygens (including phenoxy) is 1. The lowest BCUT2D eigenvalue weighted by molar-refractivity contribution is -0.384. The number of non-ortho nitro benzene ring substituents is 1. The molecule has 0 unspecified atom stereocenters. The molecule has 0 heterocycles. The summed E-state index contributed by atoms with van der Waals surface area (Å²) in [7, 11) is 1.56. The standard InChI is InChI=1S/C13H20N2O3/c1-3-4-5-6-9-14-12-10-11(15(16)17)7-8-13(12)18-2/h7-8,10,14H,3-6,9H2,1-2H3. The highest BCUT2D eigenvalue weighted by molar-refractivity contribution is 5.61. The van der Waals surface area contributed by atoms with Crippen molar-refractivity contribution in [1.82, 2.24) is 0 Å². The third kappa shape index (κ3) is 4.24. The third-order valence-electron chi connectivity index (χ3n) is 2.74. The van der Waals surface area contributed by atoms with Gasteiger partial charge in [-0.05, 0) is 12.5 Å². The lowest BCUT2D eigenvalue weighted by Gasteiger charge is -2.10. The number of unbranched alkanes of at least 4 members (excludes halogenated alkanes) is 3. The number of hydrogen-bond donors (Lipinski definition) is 1. The molecule has 1 rings (SSSR count). The second-order valence-electron chi connectivity index (χ2n) is 4.13. The smallest absolute Gasteiger partial charge is 0.271 e. The maximum atomic E-state index is 10.7. The van der Waals surface area contributed by atoms with Crippen LogP contribution in [-0.2, 0) is 0 Å². The van der Waals surface area contributed by atoms with Crippen molar-refractivity contribution in [2.24, 2.45) is 0 Å². The molecule has 1 aromatic rings. The highest BCUT2D eigenvalue weighted by Gasteiger charge is 2.10. The number of nitro groups is 1. The summed E-state index contributed by atoms with van der Waals surface area (Å²) in [6.07, 6.45) is 4.63. The largest absolute Gasteiger partial charge is 0.495 e. The first-order valence-electron chi connectivity index (χ1n) is 6.25. The highest BCUT2D eigenvalue weighted by atomic mass is 16.6. The molecule has 0 saturated carbocycles. The molecule has 0 amide bonds. The van der Waals surface area contributed by atoms with Gasteiger partial charge in [0.05, 0.1) is 17.7 Å². The fraction of sp³-hybridized carbons (Fsp3) is 0.538. The van der Waals surface area contributed by atoms with Crippen molar-refractivity contribution >= 4 is 11.4 Å². The fourth-order valence-electron chi connectivity index (χ4n) is 1.72. The van der Waals surface area contributed by atoms with Crippen LogP contribution in [0.15, 0.2) is 18.2 Å². The zero-order valence-electron chi connectivity index (χ0n) is 10.9. The number of hydrogen-bond acceptors (Lipinski definition) is 4. The monoisotopic (exact) mass is 252 g/mol. The van der Waals surface area contributed by atoms with Crippen LogP contribution in [0.3, 0.4) is 0 Å². The molecule has 18 heavy (non-hydrogen) atoms. The van der Waals surface area contributed by atoms with Crippen LogP contribution in [-0.4, -0.2) is 18.6 Å². The summed E-state index contributed by atoms with van der Waals surface area (Å²) in [5.74, 6) is 0.635. The molecule has 0 bridgehead atoms. The number of nitrogens with one attached hydrogen (secondary N) is 1. The second kappa shape index (κ2) is 7.53. The Balaban J connectivity index is 2.61. The maximum absolute atomic E-state index is 10.7. The van der Waals surface area contributed by atoms with Crippen molar-refractivity contribution in [1.29, 1.82) is 0 Å². The average molecular weight is 252 g/mol. The second-order valence-corrected chi connectivity index (χ2v) is 4.13. The lowest BCUT2D eigenvalue weighted by Crippen LogP contribution is -2.03. The molecule has 0 aliphatic carbocycles. The Morgan fingerprint density at radius 3 is 2.72 bits per heavy atom. The maximum Gasteiger partial charge on any atom is 0.271 e. The van der Waals surface area contributed by atoms with Gasteiger partial charge in [-0.15, -0.1) is 0 Å². The van der Waals surface area contributed by atoms with E-state index < -0.39 is 4.92 Å². The van der Waals surface area contributed by atoms with Crippen LogP contribution in [0.2, 0.25) is 0 Å². The van der Waals surface area contributed by atoms with Gasteiger partial charge in [-0.1, -0.05) is 26.2 Å². The predicted molar refractivity (Wildman–Crippen MR) is 72.3 cm³/mol. The molecular weight excluding hydrogens is 232 g/mol. The number of nitrogens with zero attached hydrogens (tertiary/aromatic N) is 1. The number of anilines is 1. The molecule has 5 heteroatoms. The zero-order chi connectivity index (χ0) is 13.4. The van der Waals surface area contributed by atoms with E-state index in [0.717, 1.165) is 13.0 Å². The molecular formula is C13H20N2O3. The normalized spacial score (nSPS) is 10.1. The van der Waals surface area contributed by atoms with E-state index in [1.165, 1.54) is 31.4 Å². The Kier molecular flexibility index (Phi) is 5.97. The molecule has 0 aromatic heterocycles. The summed E-state index contributed by atoms with van der Waals surface area (Å²) in [5.41, 5.74) is 0.759. The van der Waals surface area contributed by atoms with Crippen LogP contribution in [0.4, 0.5) is 11.4 Å². The average Bonchev–Trinajstić information content (AvgIpc) is 2.38. The molecule has 5 nitrogen and oxygen atoms in total. The van der Waals surface area contributed by atoms with Gasteiger partial charge < -0.3 is 10.1 Å². The zero-order valence-corrected chi connectivity index (χ0v) is 10.9. The Labute approximate surface area is 107 Å². The third-order valence-corrected chi connectivity index (χ3v) is 2.74. The van der Waals surface area contributed by atoms with Crippen molar-refractivity contribution < 1.29 is 9.66 Å². The minimum absolute atomic E-state index is 0.0758. The van der Waals surface area contributed by atoms with Gasteiger partial charge in [-0.3, -0.25) is 10.1 Å². The Morgan fingerprint density at radius 2 is 2.11 bits per heavy atom. The van der Waals surface area contributed by atoms with E-state index in [4.69, 9.17) is 4.74 Å². The molecule has 0 saturated heterocycles. The van der Waals surface area contributed by atoms with E-state index in [9.17, 15) is 10.1 Å². The van der Waals surface area contributed by atoms with Crippen LogP contribution >= 0.6 is 0 Å². The van der Waals surface area contributed by atoms with Crippen LogP contribution in [0.25, 0.3) is 0 Å². The van der Waals surface area contributed by atoms with E-state index >= 15 is 0 Å². The summed E-state index contributed by atoms with van der Waals surface area (Å²) >= 11 is 0. The van der Waals surface area contributed by atoms with Gasteiger partial charge in [0.1, 0.15) is 5.75 Å². The SMILES string of the molecule is CCCCCCNc1cc([N+](=O)[O-])ccc1OC. The van der Waals surface area contributed by atoms with E-state index in [0.29, 0.717) is 11.4 Å². The number of nitro benzene ring substituents is 1. The molecule has 0 spiro atoms. The van der Waals surface area contributed by atoms with Gasteiger partial charge >= 0.3 is 0 Å². The summed E-state index contributed by atoms with van der Waals surface area (Å²) < 4.78 is 5.17. The lowest BCUT2D eigenvalue weighted by atomic mass is 10.2. The molecule has 0 radical (unpaired) electrons. The summed E-state index contributed by atoms with van der Waals surface area (Å²) in [6.45, 7) is 2.97. The van der Waals surface area contributed by atoms with E-state index in [1.54, 1.807) is 13.2 Å². The van der Waals surface area contributed by atoms with Crippen molar-refractivity contribution in [2.75, 3.05) is 19.0 Å². The highest BCUT2D eigenvalue weighted by Crippen LogP contribution is 2.28. The number of benzene rings is 1. The van der Waals surface area contributed by atoms with E-state index in [1.807, 2.05) is 0 Å². The van der Waals surface area contributed by atoms with Crippen molar-refractivity contribution in [3.8, 4) is 5.75 Å². The minimum atomic E-state index is -0.401.